The Kier molecular flexibility index (Phi) is 7.47. The molecule has 1 atom stereocenters. The molecule has 30 heavy (non-hydrogen) atoms. The van der Waals surface area contributed by atoms with Gasteiger partial charge in [0.25, 0.3) is 5.91 Å². The van der Waals surface area contributed by atoms with E-state index in [-0.39, 0.29) is 29.0 Å². The predicted molar refractivity (Wildman–Crippen MR) is 115 cm³/mol. The number of hydrogen-bond donors (Lipinski definition) is 2. The molecule has 0 spiro atoms. The minimum atomic E-state index is -3.69. The zero-order valence-electron chi connectivity index (χ0n) is 16.3. The number of ether oxygens (including phenoxy) is 1. The summed E-state index contributed by atoms with van der Waals surface area (Å²) in [6.45, 7) is 1.08. The summed E-state index contributed by atoms with van der Waals surface area (Å²) >= 11 is 5.80. The van der Waals surface area contributed by atoms with Gasteiger partial charge >= 0.3 is 0 Å². The predicted octanol–water partition coefficient (Wildman–Crippen LogP) is 2.80. The van der Waals surface area contributed by atoms with Crippen molar-refractivity contribution in [3.8, 4) is 0 Å². The molecule has 2 aromatic carbocycles. The van der Waals surface area contributed by atoms with Gasteiger partial charge in [0.1, 0.15) is 5.75 Å². The zero-order valence-corrected chi connectivity index (χ0v) is 17.8. The molecule has 1 aliphatic heterocycles. The molecule has 1 aliphatic rings. The van der Waals surface area contributed by atoms with Crippen LogP contribution in [0.25, 0.3) is 0 Å². The molecule has 1 heterocycles. The quantitative estimate of drug-likeness (QED) is 0.644. The van der Waals surface area contributed by atoms with Crippen LogP contribution in [0.3, 0.4) is 0 Å². The molecule has 3 rings (SSSR count). The normalized spacial score (nSPS) is 16.2. The van der Waals surface area contributed by atoms with Crippen molar-refractivity contribution in [2.75, 3.05) is 24.2 Å². The summed E-state index contributed by atoms with van der Waals surface area (Å²) in [6, 6.07) is 12.9. The van der Waals surface area contributed by atoms with E-state index < -0.39 is 21.5 Å². The number of hydrogen-bond acceptors (Lipinski definition) is 5. The molecule has 2 aromatic rings. The first-order valence-corrected chi connectivity index (χ1v) is 11.8. The van der Waals surface area contributed by atoms with Gasteiger partial charge in [-0.1, -0.05) is 35.9 Å². The number of halogens is 1. The van der Waals surface area contributed by atoms with Crippen molar-refractivity contribution in [3.63, 3.8) is 0 Å². The molecule has 0 aliphatic carbocycles. The molecule has 1 unspecified atom stereocenters. The fourth-order valence-electron chi connectivity index (χ4n) is 3.17. The zero-order chi connectivity index (χ0) is 21.6. The fourth-order valence-corrected chi connectivity index (χ4v) is 4.57. The van der Waals surface area contributed by atoms with Crippen molar-refractivity contribution < 1.29 is 22.7 Å². The molecular weight excluding hydrogens is 428 g/mol. The number of nitrogens with one attached hydrogen (secondary N) is 2. The van der Waals surface area contributed by atoms with E-state index in [4.69, 9.17) is 16.3 Å². The lowest BCUT2D eigenvalue weighted by molar-refractivity contribution is -0.113. The van der Waals surface area contributed by atoms with Gasteiger partial charge in [0.05, 0.1) is 23.1 Å². The summed E-state index contributed by atoms with van der Waals surface area (Å²) in [5, 5.41) is 5.84. The van der Waals surface area contributed by atoms with E-state index in [9.17, 15) is 18.0 Å². The van der Waals surface area contributed by atoms with Gasteiger partial charge in [0, 0.05) is 18.2 Å². The summed E-state index contributed by atoms with van der Waals surface area (Å²) in [4.78, 5) is 24.9. The molecule has 0 radical (unpaired) electrons. The average Bonchev–Trinajstić information content (AvgIpc) is 3.21. The van der Waals surface area contributed by atoms with Gasteiger partial charge in [-0.2, -0.15) is 0 Å². The minimum absolute atomic E-state index is 0.00582. The highest BCUT2D eigenvalue weighted by atomic mass is 35.5. The Balaban J connectivity index is 1.60. The topological polar surface area (TPSA) is 102 Å². The highest BCUT2D eigenvalue weighted by Gasteiger charge is 2.21. The monoisotopic (exact) mass is 450 g/mol. The molecular formula is C21H23ClN2O5S. The summed E-state index contributed by atoms with van der Waals surface area (Å²) in [5.41, 5.74) is 1.06. The fraction of sp³-hybridized carbons (Fsp3) is 0.333. The lowest BCUT2D eigenvalue weighted by atomic mass is 10.1. The van der Waals surface area contributed by atoms with Gasteiger partial charge in [0.15, 0.2) is 9.84 Å². The lowest BCUT2D eigenvalue weighted by Gasteiger charge is -2.14. The van der Waals surface area contributed by atoms with Crippen LogP contribution in [0.2, 0.25) is 5.02 Å². The molecule has 9 heteroatoms. The Morgan fingerprint density at radius 1 is 1.10 bits per heavy atom. The number of para-hydroxylation sites is 1. The third kappa shape index (κ3) is 6.55. The van der Waals surface area contributed by atoms with Gasteiger partial charge in [-0.25, -0.2) is 8.42 Å². The van der Waals surface area contributed by atoms with Crippen LogP contribution in [0.1, 0.15) is 28.8 Å². The summed E-state index contributed by atoms with van der Waals surface area (Å²) in [5.74, 6) is -2.03. The Labute approximate surface area is 180 Å². The van der Waals surface area contributed by atoms with Crippen LogP contribution in [0.15, 0.2) is 48.5 Å². The number of carbonyl (C=O) groups is 2. The van der Waals surface area contributed by atoms with Crippen LogP contribution < -0.4 is 10.6 Å². The first-order valence-electron chi connectivity index (χ1n) is 9.56. The SMILES string of the molecule is O=C(CS(=O)(=O)Cc1ccc(Cl)cc1)Nc1ccccc1C(=O)NCC1CCCO1. The molecule has 2 amide bonds. The summed E-state index contributed by atoms with van der Waals surface area (Å²) in [6.07, 6.45) is 1.86. The molecule has 0 saturated carbocycles. The number of amides is 2. The van der Waals surface area contributed by atoms with Crippen molar-refractivity contribution in [2.24, 2.45) is 0 Å². The number of carbonyl (C=O) groups excluding carboxylic acids is 2. The maximum Gasteiger partial charge on any atom is 0.253 e. The van der Waals surface area contributed by atoms with Crippen molar-refractivity contribution in [3.05, 3.63) is 64.7 Å². The molecule has 1 saturated heterocycles. The average molecular weight is 451 g/mol. The summed E-state index contributed by atoms with van der Waals surface area (Å²) in [7, 11) is -3.69. The molecule has 0 bridgehead atoms. The van der Waals surface area contributed by atoms with Gasteiger partial charge < -0.3 is 15.4 Å². The largest absolute Gasteiger partial charge is 0.376 e. The van der Waals surface area contributed by atoms with Crippen molar-refractivity contribution in [1.82, 2.24) is 5.32 Å². The van der Waals surface area contributed by atoms with Crippen LogP contribution >= 0.6 is 11.6 Å². The Morgan fingerprint density at radius 3 is 2.53 bits per heavy atom. The van der Waals surface area contributed by atoms with E-state index in [2.05, 4.69) is 10.6 Å². The van der Waals surface area contributed by atoms with Crippen molar-refractivity contribution >= 4 is 38.9 Å². The van der Waals surface area contributed by atoms with Gasteiger partial charge in [-0.3, -0.25) is 9.59 Å². The molecule has 7 nitrogen and oxygen atoms in total. The maximum atomic E-state index is 12.5. The number of anilines is 1. The van der Waals surface area contributed by atoms with Gasteiger partial charge in [-0.15, -0.1) is 0 Å². The second-order valence-electron chi connectivity index (χ2n) is 7.10. The smallest absolute Gasteiger partial charge is 0.253 e. The maximum absolute atomic E-state index is 12.5. The number of benzene rings is 2. The van der Waals surface area contributed by atoms with E-state index in [0.29, 0.717) is 23.7 Å². The van der Waals surface area contributed by atoms with Crippen molar-refractivity contribution in [2.45, 2.75) is 24.7 Å². The highest BCUT2D eigenvalue weighted by molar-refractivity contribution is 7.91. The Bertz CT molecular complexity index is 1000. The molecule has 2 N–H and O–H groups in total. The number of sulfone groups is 1. The van der Waals surface area contributed by atoms with E-state index in [0.717, 1.165) is 12.8 Å². The highest BCUT2D eigenvalue weighted by Crippen LogP contribution is 2.17. The van der Waals surface area contributed by atoms with E-state index >= 15 is 0 Å². The van der Waals surface area contributed by atoms with Crippen LogP contribution in [0, 0.1) is 0 Å². The number of rotatable bonds is 8. The van der Waals surface area contributed by atoms with Crippen molar-refractivity contribution in [1.29, 1.82) is 0 Å². The first-order chi connectivity index (χ1) is 14.3. The van der Waals surface area contributed by atoms with Crippen LogP contribution in [-0.2, 0) is 25.1 Å². The van der Waals surface area contributed by atoms with Crippen LogP contribution in [0.5, 0.6) is 0 Å². The van der Waals surface area contributed by atoms with Gasteiger partial charge in [-0.05, 0) is 42.7 Å². The van der Waals surface area contributed by atoms with Crippen LogP contribution in [-0.4, -0.2) is 45.2 Å². The van der Waals surface area contributed by atoms with E-state index in [1.807, 2.05) is 0 Å². The second kappa shape index (κ2) is 10.1. The molecule has 160 valence electrons. The Morgan fingerprint density at radius 2 is 1.83 bits per heavy atom. The van der Waals surface area contributed by atoms with Crippen LogP contribution in [0.4, 0.5) is 5.69 Å². The summed E-state index contributed by atoms with van der Waals surface area (Å²) < 4.78 is 30.2. The van der Waals surface area contributed by atoms with E-state index in [1.165, 1.54) is 0 Å². The molecule has 1 fully saturated rings. The Hall–Kier alpha value is -2.42. The molecule has 0 aromatic heterocycles. The van der Waals surface area contributed by atoms with Gasteiger partial charge in [0.2, 0.25) is 5.91 Å². The third-order valence-corrected chi connectivity index (χ3v) is 6.34. The van der Waals surface area contributed by atoms with E-state index in [1.54, 1.807) is 48.5 Å². The lowest BCUT2D eigenvalue weighted by Crippen LogP contribution is -2.32. The second-order valence-corrected chi connectivity index (χ2v) is 9.60. The third-order valence-electron chi connectivity index (χ3n) is 4.61. The minimum Gasteiger partial charge on any atom is -0.376 e. The standard InChI is InChI=1S/C21H23ClN2O5S/c22-16-9-7-15(8-10-16)13-30(27,28)14-20(25)24-19-6-2-1-5-18(19)21(26)23-12-17-4-3-11-29-17/h1-2,5-10,17H,3-4,11-14H2,(H,23,26)(H,24,25). The first kappa shape index (κ1) is 22.3.